The predicted octanol–water partition coefficient (Wildman–Crippen LogP) is 2.86. The van der Waals surface area contributed by atoms with E-state index in [1.54, 1.807) is 26.2 Å². The summed E-state index contributed by atoms with van der Waals surface area (Å²) in [6.07, 6.45) is 1.05. The number of sulfonamides is 1. The fraction of sp³-hybridized carbons (Fsp3) is 0.381. The molecule has 0 saturated heterocycles. The number of hydrogen-bond donors (Lipinski definition) is 0. The number of nitrogens with zero attached hydrogens (tertiary/aromatic N) is 4. The summed E-state index contributed by atoms with van der Waals surface area (Å²) in [4.78, 5) is 7.50. The van der Waals surface area contributed by atoms with Crippen molar-refractivity contribution in [3.63, 3.8) is 0 Å². The Bertz CT molecular complexity index is 1120. The Labute approximate surface area is 166 Å². The quantitative estimate of drug-likeness (QED) is 0.663. The molecule has 1 aliphatic heterocycles. The highest BCUT2D eigenvalue weighted by Gasteiger charge is 2.21. The summed E-state index contributed by atoms with van der Waals surface area (Å²) in [7, 11) is -0.375. The Morgan fingerprint density at radius 2 is 1.86 bits per heavy atom. The van der Waals surface area contributed by atoms with Crippen LogP contribution in [-0.4, -0.2) is 47.8 Å². The van der Waals surface area contributed by atoms with Crippen LogP contribution in [-0.2, 0) is 36.1 Å². The second kappa shape index (κ2) is 7.31. The number of aryl methyl sites for hydroxylation is 1. The van der Waals surface area contributed by atoms with Gasteiger partial charge >= 0.3 is 0 Å². The molecule has 2 aromatic carbocycles. The number of benzene rings is 2. The van der Waals surface area contributed by atoms with Crippen molar-refractivity contribution in [3.05, 3.63) is 59.4 Å². The van der Waals surface area contributed by atoms with E-state index >= 15 is 0 Å². The SMILES string of the molecule is CCn1c(CN2CCc3ccccc3C2)nc2cc(S(=O)(=O)N(C)C)ccc21. The fourth-order valence-electron chi connectivity index (χ4n) is 3.89. The van der Waals surface area contributed by atoms with Crippen LogP contribution in [0.4, 0.5) is 0 Å². The lowest BCUT2D eigenvalue weighted by Gasteiger charge is -2.28. The number of hydrogen-bond acceptors (Lipinski definition) is 4. The lowest BCUT2D eigenvalue weighted by atomic mass is 10.00. The Balaban J connectivity index is 1.66. The summed E-state index contributed by atoms with van der Waals surface area (Å²) in [6, 6.07) is 13.8. The first-order valence-corrected chi connectivity index (χ1v) is 11.0. The monoisotopic (exact) mass is 398 g/mol. The molecule has 0 spiro atoms. The van der Waals surface area contributed by atoms with Crippen molar-refractivity contribution in [1.82, 2.24) is 18.8 Å². The van der Waals surface area contributed by atoms with Gasteiger partial charge in [-0.2, -0.15) is 0 Å². The van der Waals surface area contributed by atoms with Gasteiger partial charge in [-0.05, 0) is 42.7 Å². The summed E-state index contributed by atoms with van der Waals surface area (Å²) in [6.45, 7) is 5.58. The smallest absolute Gasteiger partial charge is 0.242 e. The highest BCUT2D eigenvalue weighted by atomic mass is 32.2. The minimum absolute atomic E-state index is 0.282. The molecule has 2 heterocycles. The second-order valence-electron chi connectivity index (χ2n) is 7.44. The van der Waals surface area contributed by atoms with Crippen molar-refractivity contribution in [2.75, 3.05) is 20.6 Å². The summed E-state index contributed by atoms with van der Waals surface area (Å²) in [5, 5.41) is 0. The molecule has 0 radical (unpaired) electrons. The zero-order valence-electron chi connectivity index (χ0n) is 16.6. The van der Waals surface area contributed by atoms with Gasteiger partial charge in [-0.1, -0.05) is 24.3 Å². The summed E-state index contributed by atoms with van der Waals surface area (Å²) < 4.78 is 28.3. The topological polar surface area (TPSA) is 58.4 Å². The maximum Gasteiger partial charge on any atom is 0.242 e. The van der Waals surface area contributed by atoms with E-state index in [0.29, 0.717) is 0 Å². The molecule has 1 aliphatic rings. The normalized spacial score (nSPS) is 15.3. The Morgan fingerprint density at radius 3 is 2.57 bits per heavy atom. The molecule has 1 aromatic heterocycles. The summed E-state index contributed by atoms with van der Waals surface area (Å²) in [5.74, 6) is 0.983. The zero-order chi connectivity index (χ0) is 19.9. The number of fused-ring (bicyclic) bond motifs is 2. The molecule has 0 unspecified atom stereocenters. The van der Waals surface area contributed by atoms with Crippen molar-refractivity contribution < 1.29 is 8.42 Å². The molecule has 148 valence electrons. The molecule has 0 N–H and O–H groups in total. The molecule has 3 aromatic rings. The van der Waals surface area contributed by atoms with Gasteiger partial charge in [0, 0.05) is 33.7 Å². The van der Waals surface area contributed by atoms with E-state index in [0.717, 1.165) is 49.5 Å². The number of aromatic nitrogens is 2. The van der Waals surface area contributed by atoms with Gasteiger partial charge < -0.3 is 4.57 Å². The predicted molar refractivity (Wildman–Crippen MR) is 111 cm³/mol. The van der Waals surface area contributed by atoms with Crippen LogP contribution >= 0.6 is 0 Å². The molecule has 6 nitrogen and oxygen atoms in total. The standard InChI is InChI=1S/C21H26N4O2S/c1-4-25-20-10-9-18(28(26,27)23(2)3)13-19(20)22-21(25)15-24-12-11-16-7-5-6-8-17(16)14-24/h5-10,13H,4,11-12,14-15H2,1-3H3. The minimum atomic E-state index is -3.47. The molecule has 4 rings (SSSR count). The third-order valence-corrected chi connectivity index (χ3v) is 7.28. The van der Waals surface area contributed by atoms with Gasteiger partial charge in [-0.15, -0.1) is 0 Å². The Morgan fingerprint density at radius 1 is 1.11 bits per heavy atom. The lowest BCUT2D eigenvalue weighted by Crippen LogP contribution is -2.31. The van der Waals surface area contributed by atoms with Crippen LogP contribution in [0.5, 0.6) is 0 Å². The van der Waals surface area contributed by atoms with E-state index in [2.05, 4.69) is 40.7 Å². The largest absolute Gasteiger partial charge is 0.327 e. The highest BCUT2D eigenvalue weighted by molar-refractivity contribution is 7.89. The molecular formula is C21H26N4O2S. The van der Waals surface area contributed by atoms with E-state index in [9.17, 15) is 8.42 Å². The first kappa shape index (κ1) is 19.1. The van der Waals surface area contributed by atoms with Crippen molar-refractivity contribution >= 4 is 21.1 Å². The molecule has 28 heavy (non-hydrogen) atoms. The van der Waals surface area contributed by atoms with Gasteiger partial charge in [-0.25, -0.2) is 17.7 Å². The van der Waals surface area contributed by atoms with Crippen LogP contribution in [0.15, 0.2) is 47.4 Å². The van der Waals surface area contributed by atoms with Crippen LogP contribution in [0, 0.1) is 0 Å². The zero-order valence-corrected chi connectivity index (χ0v) is 17.4. The summed E-state index contributed by atoms with van der Waals surface area (Å²) in [5.41, 5.74) is 4.53. The van der Waals surface area contributed by atoms with Crippen molar-refractivity contribution in [2.24, 2.45) is 0 Å². The van der Waals surface area contributed by atoms with Gasteiger partial charge in [-0.3, -0.25) is 4.90 Å². The van der Waals surface area contributed by atoms with Crippen molar-refractivity contribution in [3.8, 4) is 0 Å². The average Bonchev–Trinajstić information content (AvgIpc) is 3.03. The van der Waals surface area contributed by atoms with E-state index in [-0.39, 0.29) is 4.90 Å². The van der Waals surface area contributed by atoms with Crippen LogP contribution in [0.3, 0.4) is 0 Å². The molecule has 7 heteroatoms. The summed E-state index contributed by atoms with van der Waals surface area (Å²) >= 11 is 0. The fourth-order valence-corrected chi connectivity index (χ4v) is 4.82. The third kappa shape index (κ3) is 3.34. The molecule has 0 aliphatic carbocycles. The molecule has 0 amide bonds. The number of rotatable bonds is 5. The molecule has 0 atom stereocenters. The Kier molecular flexibility index (Phi) is 4.99. The van der Waals surface area contributed by atoms with E-state index < -0.39 is 10.0 Å². The van der Waals surface area contributed by atoms with Crippen LogP contribution in [0.2, 0.25) is 0 Å². The van der Waals surface area contributed by atoms with E-state index in [1.165, 1.54) is 15.4 Å². The van der Waals surface area contributed by atoms with Gasteiger partial charge in [0.05, 0.1) is 22.5 Å². The maximum absolute atomic E-state index is 12.5. The van der Waals surface area contributed by atoms with Crippen molar-refractivity contribution in [2.45, 2.75) is 37.9 Å². The van der Waals surface area contributed by atoms with Gasteiger partial charge in [0.15, 0.2) is 0 Å². The molecular weight excluding hydrogens is 372 g/mol. The molecule has 0 saturated carbocycles. The van der Waals surface area contributed by atoms with Gasteiger partial charge in [0.25, 0.3) is 0 Å². The Hall–Kier alpha value is -2.22. The van der Waals surface area contributed by atoms with Crippen LogP contribution < -0.4 is 0 Å². The molecule has 0 fully saturated rings. The van der Waals surface area contributed by atoms with Gasteiger partial charge in [0.2, 0.25) is 10.0 Å². The second-order valence-corrected chi connectivity index (χ2v) is 9.59. The highest BCUT2D eigenvalue weighted by Crippen LogP contribution is 2.25. The van der Waals surface area contributed by atoms with E-state index in [1.807, 2.05) is 6.07 Å². The minimum Gasteiger partial charge on any atom is -0.327 e. The van der Waals surface area contributed by atoms with Crippen LogP contribution in [0.25, 0.3) is 11.0 Å². The van der Waals surface area contributed by atoms with Crippen molar-refractivity contribution in [1.29, 1.82) is 0 Å². The maximum atomic E-state index is 12.5. The number of imidazole rings is 1. The first-order chi connectivity index (χ1) is 13.4. The van der Waals surface area contributed by atoms with Gasteiger partial charge in [0.1, 0.15) is 5.82 Å². The average molecular weight is 399 g/mol. The lowest BCUT2D eigenvalue weighted by molar-refractivity contribution is 0.237. The first-order valence-electron chi connectivity index (χ1n) is 9.61. The third-order valence-electron chi connectivity index (χ3n) is 5.47. The molecule has 0 bridgehead atoms. The van der Waals surface area contributed by atoms with Crippen LogP contribution in [0.1, 0.15) is 23.9 Å². The van der Waals surface area contributed by atoms with E-state index in [4.69, 9.17) is 4.98 Å².